The molecule has 2 aromatic heterocycles. The molecule has 0 aromatic carbocycles. The van der Waals surface area contributed by atoms with Gasteiger partial charge in [0.05, 0.1) is 11.4 Å². The van der Waals surface area contributed by atoms with E-state index in [-0.39, 0.29) is 0 Å². The number of aromatic nitrogens is 2. The molecule has 4 nitrogen and oxygen atoms in total. The maximum absolute atomic E-state index is 9.00. The molecule has 0 spiro atoms. The average molecular weight is 305 g/mol. The minimum atomic E-state index is 0.313. The molecule has 2 aliphatic carbocycles. The molecule has 0 aliphatic heterocycles. The fourth-order valence-electron chi connectivity index (χ4n) is 3.14. The van der Waals surface area contributed by atoms with Gasteiger partial charge in [0, 0.05) is 36.7 Å². The van der Waals surface area contributed by atoms with Gasteiger partial charge in [-0.15, -0.1) is 11.3 Å². The first kappa shape index (κ1) is 13.7. The molecule has 2 fully saturated rings. The van der Waals surface area contributed by atoms with Gasteiger partial charge in [-0.2, -0.15) is 0 Å². The molecule has 2 heterocycles. The van der Waals surface area contributed by atoms with Crippen LogP contribution in [-0.2, 0) is 6.54 Å². The Bertz CT molecular complexity index is 612. The Kier molecular flexibility index (Phi) is 3.73. The minimum Gasteiger partial charge on any atom is -0.396 e. The molecule has 5 heteroatoms. The van der Waals surface area contributed by atoms with Gasteiger partial charge in [0.2, 0.25) is 0 Å². The quantitative estimate of drug-likeness (QED) is 0.762. The first-order valence-electron chi connectivity index (χ1n) is 8.16. The Morgan fingerprint density at radius 1 is 1.29 bits per heavy atom. The standard InChI is InChI=1S/C16H23N3OS/c20-9-2-1-7-18(13-5-6-13)11-14-15(12-3-4-12)17-16-19(14)8-10-21-16/h8,10,12-13,20H,1-7,9,11H2. The highest BCUT2D eigenvalue weighted by molar-refractivity contribution is 7.15. The van der Waals surface area contributed by atoms with Crippen molar-refractivity contribution in [1.82, 2.24) is 14.3 Å². The van der Waals surface area contributed by atoms with Crippen molar-refractivity contribution in [3.63, 3.8) is 0 Å². The summed E-state index contributed by atoms with van der Waals surface area (Å²) in [5, 5.41) is 11.1. The topological polar surface area (TPSA) is 40.8 Å². The van der Waals surface area contributed by atoms with E-state index < -0.39 is 0 Å². The number of unbranched alkanes of at least 4 members (excludes halogenated alkanes) is 1. The number of thiazole rings is 1. The molecule has 1 N–H and O–H groups in total. The van der Waals surface area contributed by atoms with Crippen molar-refractivity contribution in [2.45, 2.75) is 57.0 Å². The lowest BCUT2D eigenvalue weighted by Crippen LogP contribution is -2.28. The predicted octanol–water partition coefficient (Wildman–Crippen LogP) is 3.01. The summed E-state index contributed by atoms with van der Waals surface area (Å²) < 4.78 is 2.31. The lowest BCUT2D eigenvalue weighted by Gasteiger charge is -2.22. The Balaban J connectivity index is 1.56. The Hall–Kier alpha value is -0.910. The van der Waals surface area contributed by atoms with E-state index in [1.807, 2.05) is 0 Å². The fraction of sp³-hybridized carbons (Fsp3) is 0.688. The lowest BCUT2D eigenvalue weighted by molar-refractivity contribution is 0.226. The van der Waals surface area contributed by atoms with Crippen LogP contribution in [0.3, 0.4) is 0 Å². The van der Waals surface area contributed by atoms with Crippen molar-refractivity contribution < 1.29 is 5.11 Å². The molecule has 2 aromatic rings. The second-order valence-corrected chi connectivity index (χ2v) is 7.28. The number of aliphatic hydroxyl groups excluding tert-OH is 1. The van der Waals surface area contributed by atoms with E-state index >= 15 is 0 Å². The summed E-state index contributed by atoms with van der Waals surface area (Å²) in [7, 11) is 0. The summed E-state index contributed by atoms with van der Waals surface area (Å²) in [5.74, 6) is 0.714. The number of imidazole rings is 1. The first-order chi connectivity index (χ1) is 10.4. The molecule has 4 rings (SSSR count). The van der Waals surface area contributed by atoms with Crippen LogP contribution in [0.1, 0.15) is 55.8 Å². The summed E-state index contributed by atoms with van der Waals surface area (Å²) in [6.45, 7) is 2.44. The van der Waals surface area contributed by atoms with Crippen molar-refractivity contribution >= 4 is 16.3 Å². The number of hydrogen-bond acceptors (Lipinski definition) is 4. The van der Waals surface area contributed by atoms with E-state index in [1.165, 1.54) is 37.1 Å². The van der Waals surface area contributed by atoms with Crippen LogP contribution in [0, 0.1) is 0 Å². The molecule has 0 atom stereocenters. The number of nitrogens with zero attached hydrogens (tertiary/aromatic N) is 3. The Morgan fingerprint density at radius 3 is 2.86 bits per heavy atom. The van der Waals surface area contributed by atoms with Gasteiger partial charge in [0.15, 0.2) is 4.96 Å². The van der Waals surface area contributed by atoms with E-state index in [2.05, 4.69) is 20.9 Å². The van der Waals surface area contributed by atoms with Crippen LogP contribution >= 0.6 is 11.3 Å². The Morgan fingerprint density at radius 2 is 2.14 bits per heavy atom. The highest BCUT2D eigenvalue weighted by Gasteiger charge is 2.34. The fourth-order valence-corrected chi connectivity index (χ4v) is 3.88. The monoisotopic (exact) mass is 305 g/mol. The van der Waals surface area contributed by atoms with Gasteiger partial charge in [-0.1, -0.05) is 0 Å². The predicted molar refractivity (Wildman–Crippen MR) is 84.8 cm³/mol. The normalized spacial score (nSPS) is 19.0. The Labute approximate surface area is 129 Å². The van der Waals surface area contributed by atoms with Gasteiger partial charge in [-0.3, -0.25) is 9.30 Å². The zero-order valence-electron chi connectivity index (χ0n) is 12.4. The molecule has 2 saturated carbocycles. The van der Waals surface area contributed by atoms with Gasteiger partial charge in [0.25, 0.3) is 0 Å². The van der Waals surface area contributed by atoms with Gasteiger partial charge in [-0.25, -0.2) is 4.98 Å². The molecule has 0 saturated heterocycles. The summed E-state index contributed by atoms with van der Waals surface area (Å²) in [4.78, 5) is 8.64. The third kappa shape index (κ3) is 2.87. The smallest absolute Gasteiger partial charge is 0.194 e. The average Bonchev–Trinajstić information content (AvgIpc) is 3.39. The summed E-state index contributed by atoms with van der Waals surface area (Å²) in [5.41, 5.74) is 2.78. The van der Waals surface area contributed by atoms with Crippen LogP contribution in [0.2, 0.25) is 0 Å². The van der Waals surface area contributed by atoms with Crippen LogP contribution in [0.5, 0.6) is 0 Å². The van der Waals surface area contributed by atoms with Crippen molar-refractivity contribution in [3.05, 3.63) is 23.0 Å². The van der Waals surface area contributed by atoms with Gasteiger partial charge >= 0.3 is 0 Å². The SMILES string of the molecule is OCCCCN(Cc1c(C2CC2)nc2sccn12)C1CC1. The largest absolute Gasteiger partial charge is 0.396 e. The van der Waals surface area contributed by atoms with Crippen LogP contribution in [-0.4, -0.2) is 38.6 Å². The number of fused-ring (bicyclic) bond motifs is 1. The second kappa shape index (κ2) is 5.71. The second-order valence-electron chi connectivity index (χ2n) is 6.41. The van der Waals surface area contributed by atoms with Crippen molar-refractivity contribution in [2.24, 2.45) is 0 Å². The van der Waals surface area contributed by atoms with E-state index in [0.29, 0.717) is 12.5 Å². The van der Waals surface area contributed by atoms with E-state index in [9.17, 15) is 0 Å². The zero-order valence-corrected chi connectivity index (χ0v) is 13.2. The highest BCUT2D eigenvalue weighted by atomic mass is 32.1. The third-order valence-corrected chi connectivity index (χ3v) is 5.38. The molecular formula is C16H23N3OS. The molecule has 0 radical (unpaired) electrons. The highest BCUT2D eigenvalue weighted by Crippen LogP contribution is 2.42. The van der Waals surface area contributed by atoms with Gasteiger partial charge < -0.3 is 5.11 Å². The summed E-state index contributed by atoms with van der Waals surface area (Å²) in [6, 6.07) is 0.764. The van der Waals surface area contributed by atoms with Crippen molar-refractivity contribution in [2.75, 3.05) is 13.2 Å². The zero-order chi connectivity index (χ0) is 14.2. The summed E-state index contributed by atoms with van der Waals surface area (Å²) >= 11 is 1.74. The van der Waals surface area contributed by atoms with Crippen LogP contribution in [0.15, 0.2) is 11.6 Å². The molecule has 2 aliphatic rings. The number of rotatable bonds is 8. The van der Waals surface area contributed by atoms with Gasteiger partial charge in [0.1, 0.15) is 0 Å². The summed E-state index contributed by atoms with van der Waals surface area (Å²) in [6.07, 6.45) is 9.48. The van der Waals surface area contributed by atoms with Crippen molar-refractivity contribution in [1.29, 1.82) is 0 Å². The minimum absolute atomic E-state index is 0.313. The maximum Gasteiger partial charge on any atom is 0.194 e. The van der Waals surface area contributed by atoms with Gasteiger partial charge in [-0.05, 0) is 45.1 Å². The van der Waals surface area contributed by atoms with E-state index in [1.54, 1.807) is 11.3 Å². The maximum atomic E-state index is 9.00. The van der Waals surface area contributed by atoms with Crippen LogP contribution in [0.4, 0.5) is 0 Å². The molecular weight excluding hydrogens is 282 g/mol. The molecule has 0 amide bonds. The number of hydrogen-bond donors (Lipinski definition) is 1. The van der Waals surface area contributed by atoms with Crippen LogP contribution < -0.4 is 0 Å². The third-order valence-electron chi connectivity index (χ3n) is 4.63. The molecule has 0 bridgehead atoms. The molecule has 114 valence electrons. The molecule has 0 unspecified atom stereocenters. The molecule has 21 heavy (non-hydrogen) atoms. The van der Waals surface area contributed by atoms with E-state index in [4.69, 9.17) is 10.1 Å². The van der Waals surface area contributed by atoms with Crippen LogP contribution in [0.25, 0.3) is 4.96 Å². The first-order valence-corrected chi connectivity index (χ1v) is 9.04. The van der Waals surface area contributed by atoms with E-state index in [0.717, 1.165) is 36.9 Å². The number of aliphatic hydroxyl groups is 1. The van der Waals surface area contributed by atoms with Crippen molar-refractivity contribution in [3.8, 4) is 0 Å². The lowest BCUT2D eigenvalue weighted by atomic mass is 10.2.